The van der Waals surface area contributed by atoms with E-state index in [9.17, 15) is 14.7 Å². The van der Waals surface area contributed by atoms with Gasteiger partial charge >= 0.3 is 0 Å². The van der Waals surface area contributed by atoms with E-state index in [4.69, 9.17) is 0 Å². The molecule has 0 saturated carbocycles. The van der Waals surface area contributed by atoms with Crippen molar-refractivity contribution in [2.45, 2.75) is 19.8 Å². The van der Waals surface area contributed by atoms with Crippen LogP contribution in [-0.2, 0) is 4.79 Å². The Morgan fingerprint density at radius 2 is 2.14 bits per heavy atom. The lowest BCUT2D eigenvalue weighted by Gasteiger charge is -2.14. The van der Waals surface area contributed by atoms with Crippen molar-refractivity contribution in [1.82, 2.24) is 10.3 Å². The molecule has 1 aromatic carbocycles. The molecule has 2 rings (SSSR count). The number of nitrogens with one attached hydrogen (secondary N) is 1. The monoisotopic (exact) mass is 307 g/mol. The van der Waals surface area contributed by atoms with Gasteiger partial charge in [0.25, 0.3) is 5.91 Å². The molecule has 0 radical (unpaired) electrons. The molecule has 21 heavy (non-hydrogen) atoms. The molecule has 1 aliphatic rings. The minimum atomic E-state index is -0.377. The van der Waals surface area contributed by atoms with E-state index >= 15 is 0 Å². The van der Waals surface area contributed by atoms with Gasteiger partial charge in [-0.25, -0.2) is 5.43 Å². The third-order valence-electron chi connectivity index (χ3n) is 2.97. The number of phenolic OH excluding ortho intramolecular Hbond substituents is 1. The number of amides is 2. The molecule has 0 aliphatic carbocycles. The number of amidine groups is 1. The fraction of sp³-hybridized carbons (Fsp3) is 0.357. The summed E-state index contributed by atoms with van der Waals surface area (Å²) in [5.74, 6) is 0.0991. The molecule has 0 atom stereocenters. The van der Waals surface area contributed by atoms with Crippen molar-refractivity contribution in [3.63, 3.8) is 0 Å². The van der Waals surface area contributed by atoms with Gasteiger partial charge in [-0.3, -0.25) is 14.5 Å². The maximum Gasteiger partial charge on any atom is 0.271 e. The SMILES string of the molecule is CCCCN1C(=O)CS/C1=N/NC(=O)c1ccc(O)cc1. The maximum absolute atomic E-state index is 11.9. The molecule has 7 heteroatoms. The molecule has 0 aromatic heterocycles. The Kier molecular flexibility index (Phi) is 5.21. The van der Waals surface area contributed by atoms with Gasteiger partial charge in [-0.05, 0) is 30.7 Å². The predicted octanol–water partition coefficient (Wildman–Crippen LogP) is 1.77. The highest BCUT2D eigenvalue weighted by molar-refractivity contribution is 8.15. The van der Waals surface area contributed by atoms with Crippen LogP contribution in [0, 0.1) is 0 Å². The van der Waals surface area contributed by atoms with Gasteiger partial charge in [-0.2, -0.15) is 0 Å². The van der Waals surface area contributed by atoms with Crippen molar-refractivity contribution < 1.29 is 14.7 Å². The van der Waals surface area contributed by atoms with Gasteiger partial charge in [-0.1, -0.05) is 25.1 Å². The van der Waals surface area contributed by atoms with Crippen molar-refractivity contribution in [3.05, 3.63) is 29.8 Å². The zero-order valence-electron chi connectivity index (χ0n) is 11.7. The molecular formula is C14H17N3O3S. The van der Waals surface area contributed by atoms with Crippen molar-refractivity contribution in [2.24, 2.45) is 5.10 Å². The molecule has 1 saturated heterocycles. The molecule has 0 unspecified atom stereocenters. The maximum atomic E-state index is 11.9. The first-order valence-corrected chi connectivity index (χ1v) is 7.70. The Bertz CT molecular complexity index is 557. The smallest absolute Gasteiger partial charge is 0.271 e. The van der Waals surface area contributed by atoms with Gasteiger partial charge in [0, 0.05) is 12.1 Å². The molecule has 112 valence electrons. The fourth-order valence-corrected chi connectivity index (χ4v) is 2.66. The van der Waals surface area contributed by atoms with Gasteiger partial charge in [0.05, 0.1) is 5.75 Å². The number of hydrazone groups is 1. The van der Waals surface area contributed by atoms with E-state index in [2.05, 4.69) is 17.5 Å². The highest BCUT2D eigenvalue weighted by atomic mass is 32.2. The number of rotatable bonds is 5. The first kappa shape index (κ1) is 15.4. The van der Waals surface area contributed by atoms with E-state index in [1.165, 1.54) is 36.0 Å². The minimum Gasteiger partial charge on any atom is -0.508 e. The summed E-state index contributed by atoms with van der Waals surface area (Å²) in [6.45, 7) is 2.67. The van der Waals surface area contributed by atoms with Crippen LogP contribution in [0.4, 0.5) is 0 Å². The van der Waals surface area contributed by atoms with Gasteiger partial charge in [0.15, 0.2) is 5.17 Å². The summed E-state index contributed by atoms with van der Waals surface area (Å²) >= 11 is 1.32. The Hall–Kier alpha value is -2.02. The fourth-order valence-electron chi connectivity index (χ4n) is 1.79. The number of nitrogens with zero attached hydrogens (tertiary/aromatic N) is 2. The second kappa shape index (κ2) is 7.12. The van der Waals surface area contributed by atoms with E-state index in [-0.39, 0.29) is 17.6 Å². The first-order chi connectivity index (χ1) is 10.1. The van der Waals surface area contributed by atoms with Crippen LogP contribution in [0.1, 0.15) is 30.1 Å². The molecule has 1 aromatic rings. The lowest BCUT2D eigenvalue weighted by molar-refractivity contribution is -0.124. The summed E-state index contributed by atoms with van der Waals surface area (Å²) in [6, 6.07) is 5.88. The van der Waals surface area contributed by atoms with E-state index in [0.717, 1.165) is 12.8 Å². The second-order valence-electron chi connectivity index (χ2n) is 4.57. The van der Waals surface area contributed by atoms with Crippen LogP contribution in [0.2, 0.25) is 0 Å². The molecule has 1 aliphatic heterocycles. The summed E-state index contributed by atoms with van der Waals surface area (Å²) in [5.41, 5.74) is 2.83. The summed E-state index contributed by atoms with van der Waals surface area (Å²) in [6.07, 6.45) is 1.89. The van der Waals surface area contributed by atoms with Crippen molar-refractivity contribution >= 4 is 28.7 Å². The molecule has 6 nitrogen and oxygen atoms in total. The quantitative estimate of drug-likeness (QED) is 0.812. The molecule has 0 bridgehead atoms. The predicted molar refractivity (Wildman–Crippen MR) is 82.1 cm³/mol. The number of hydrogen-bond donors (Lipinski definition) is 2. The summed E-state index contributed by atoms with van der Waals surface area (Å²) in [5, 5.41) is 13.7. The van der Waals surface area contributed by atoms with Crippen LogP contribution in [0.3, 0.4) is 0 Å². The Balaban J connectivity index is 2.00. The zero-order valence-corrected chi connectivity index (χ0v) is 12.5. The first-order valence-electron chi connectivity index (χ1n) is 6.72. The third kappa shape index (κ3) is 3.98. The number of unbranched alkanes of at least 4 members (excludes halogenated alkanes) is 1. The summed E-state index contributed by atoms with van der Waals surface area (Å²) in [7, 11) is 0. The van der Waals surface area contributed by atoms with E-state index in [0.29, 0.717) is 23.0 Å². The number of carbonyl (C=O) groups is 2. The van der Waals surface area contributed by atoms with Crippen molar-refractivity contribution in [2.75, 3.05) is 12.3 Å². The second-order valence-corrected chi connectivity index (χ2v) is 5.51. The highest BCUT2D eigenvalue weighted by Crippen LogP contribution is 2.19. The Labute approximate surface area is 127 Å². The topological polar surface area (TPSA) is 82.0 Å². The Morgan fingerprint density at radius 3 is 2.81 bits per heavy atom. The number of benzene rings is 1. The van der Waals surface area contributed by atoms with Crippen LogP contribution in [0.15, 0.2) is 29.4 Å². The molecular weight excluding hydrogens is 290 g/mol. The molecule has 1 heterocycles. The number of hydrogen-bond acceptors (Lipinski definition) is 5. The van der Waals surface area contributed by atoms with E-state index in [1.807, 2.05) is 0 Å². The van der Waals surface area contributed by atoms with Crippen LogP contribution < -0.4 is 5.43 Å². The van der Waals surface area contributed by atoms with Crippen LogP contribution in [0.5, 0.6) is 5.75 Å². The minimum absolute atomic E-state index is 0.0195. The number of thioether (sulfide) groups is 1. The Morgan fingerprint density at radius 1 is 1.43 bits per heavy atom. The van der Waals surface area contributed by atoms with Gasteiger partial charge < -0.3 is 5.11 Å². The van der Waals surface area contributed by atoms with Crippen LogP contribution >= 0.6 is 11.8 Å². The molecule has 0 spiro atoms. The lowest BCUT2D eigenvalue weighted by Crippen LogP contribution is -2.32. The molecule has 1 fully saturated rings. The standard InChI is InChI=1S/C14H17N3O3S/c1-2-3-8-17-12(19)9-21-14(17)16-15-13(20)10-4-6-11(18)7-5-10/h4-7,18H,2-3,8-9H2,1H3,(H,15,20)/b16-14+. The van der Waals surface area contributed by atoms with Gasteiger partial charge in [-0.15, -0.1) is 5.10 Å². The zero-order chi connectivity index (χ0) is 15.2. The summed E-state index contributed by atoms with van der Waals surface area (Å²) < 4.78 is 0. The normalized spacial score (nSPS) is 16.5. The van der Waals surface area contributed by atoms with E-state index in [1.54, 1.807) is 4.90 Å². The largest absolute Gasteiger partial charge is 0.508 e. The van der Waals surface area contributed by atoms with Gasteiger partial charge in [0.2, 0.25) is 5.91 Å². The number of carbonyl (C=O) groups excluding carboxylic acids is 2. The number of phenols is 1. The summed E-state index contributed by atoms with van der Waals surface area (Å²) in [4.78, 5) is 25.2. The van der Waals surface area contributed by atoms with Crippen LogP contribution in [-0.4, -0.2) is 39.3 Å². The average molecular weight is 307 g/mol. The molecule has 2 N–H and O–H groups in total. The van der Waals surface area contributed by atoms with Crippen molar-refractivity contribution in [1.29, 1.82) is 0 Å². The third-order valence-corrected chi connectivity index (χ3v) is 3.94. The van der Waals surface area contributed by atoms with E-state index < -0.39 is 0 Å². The van der Waals surface area contributed by atoms with Crippen LogP contribution in [0.25, 0.3) is 0 Å². The number of aromatic hydroxyl groups is 1. The molecule has 2 amide bonds. The van der Waals surface area contributed by atoms with Crippen molar-refractivity contribution in [3.8, 4) is 5.75 Å². The lowest BCUT2D eigenvalue weighted by atomic mass is 10.2. The van der Waals surface area contributed by atoms with Gasteiger partial charge in [0.1, 0.15) is 5.75 Å². The average Bonchev–Trinajstić information content (AvgIpc) is 2.83. The highest BCUT2D eigenvalue weighted by Gasteiger charge is 2.27.